The number of hydrogen-bond donors (Lipinski definition) is 0. The summed E-state index contributed by atoms with van der Waals surface area (Å²) in [7, 11) is 0. The van der Waals surface area contributed by atoms with Crippen LogP contribution in [-0.2, 0) is 0 Å². The molecule has 0 aliphatic carbocycles. The molecule has 0 heterocycles. The van der Waals surface area contributed by atoms with Crippen LogP contribution in [0.4, 0.5) is 4.39 Å². The minimum atomic E-state index is -0.179. The summed E-state index contributed by atoms with van der Waals surface area (Å²) in [5.41, 5.74) is 2.03. The van der Waals surface area contributed by atoms with E-state index in [9.17, 15) is 4.39 Å². The van der Waals surface area contributed by atoms with Crippen LogP contribution in [-0.4, -0.2) is 4.83 Å². The third-order valence-corrected chi connectivity index (χ3v) is 2.08. The van der Waals surface area contributed by atoms with Crippen LogP contribution in [0.25, 0.3) is 6.08 Å². The van der Waals surface area contributed by atoms with Crippen molar-refractivity contribution in [3.63, 3.8) is 0 Å². The molecule has 0 fully saturated rings. The number of rotatable bonds is 2. The number of alkyl halides is 1. The van der Waals surface area contributed by atoms with Gasteiger partial charge in [-0.3, -0.25) is 0 Å². The summed E-state index contributed by atoms with van der Waals surface area (Å²) < 4.78 is 12.7. The summed E-state index contributed by atoms with van der Waals surface area (Å²) in [5.74, 6) is -0.179. The maximum Gasteiger partial charge on any atom is 0.123 e. The lowest BCUT2D eigenvalue weighted by Gasteiger charge is -2.00. The van der Waals surface area contributed by atoms with Gasteiger partial charge in [0.25, 0.3) is 0 Å². The maximum atomic E-state index is 12.7. The Morgan fingerprint density at radius 2 is 2.15 bits per heavy atom. The number of allylic oxidation sites excluding steroid dienone is 1. The van der Waals surface area contributed by atoms with Crippen molar-refractivity contribution >= 4 is 22.0 Å². The summed E-state index contributed by atoms with van der Waals surface area (Å²) in [6.07, 6.45) is 4.02. The Hall–Kier alpha value is -0.630. The van der Waals surface area contributed by atoms with E-state index in [0.29, 0.717) is 4.83 Å². The fourth-order valence-corrected chi connectivity index (χ4v) is 1.21. The van der Waals surface area contributed by atoms with E-state index in [4.69, 9.17) is 0 Å². The number of benzene rings is 1. The van der Waals surface area contributed by atoms with Crippen LogP contribution in [0.3, 0.4) is 0 Å². The van der Waals surface area contributed by atoms with Gasteiger partial charge >= 0.3 is 0 Å². The van der Waals surface area contributed by atoms with E-state index in [-0.39, 0.29) is 5.82 Å². The zero-order valence-electron chi connectivity index (χ0n) is 7.72. The molecule has 0 nitrogen and oxygen atoms in total. The fourth-order valence-electron chi connectivity index (χ4n) is 1.06. The molecular formula is C11H12BrF. The van der Waals surface area contributed by atoms with Gasteiger partial charge in [-0.1, -0.05) is 34.1 Å². The van der Waals surface area contributed by atoms with Gasteiger partial charge in [-0.25, -0.2) is 4.39 Å². The molecule has 1 aromatic rings. The van der Waals surface area contributed by atoms with E-state index in [2.05, 4.69) is 15.9 Å². The van der Waals surface area contributed by atoms with Crippen LogP contribution in [0.15, 0.2) is 24.3 Å². The molecule has 0 saturated carbocycles. The third-order valence-electron chi connectivity index (χ3n) is 1.77. The van der Waals surface area contributed by atoms with Crippen molar-refractivity contribution in [1.29, 1.82) is 0 Å². The van der Waals surface area contributed by atoms with Crippen LogP contribution in [0.1, 0.15) is 18.1 Å². The van der Waals surface area contributed by atoms with Gasteiger partial charge in [0.05, 0.1) is 0 Å². The molecule has 0 aromatic heterocycles. The average molecular weight is 243 g/mol. The highest BCUT2D eigenvalue weighted by Gasteiger charge is 1.96. The lowest BCUT2D eigenvalue weighted by Crippen LogP contribution is -1.85. The van der Waals surface area contributed by atoms with Gasteiger partial charge in [0.1, 0.15) is 5.82 Å². The van der Waals surface area contributed by atoms with Crippen LogP contribution < -0.4 is 0 Å². The second-order valence-electron chi connectivity index (χ2n) is 3.04. The molecule has 2 heteroatoms. The van der Waals surface area contributed by atoms with E-state index >= 15 is 0 Å². The smallest absolute Gasteiger partial charge is 0.123 e. The summed E-state index contributed by atoms with van der Waals surface area (Å²) in [6, 6.07) is 4.81. The molecule has 0 bridgehead atoms. The molecule has 0 spiro atoms. The van der Waals surface area contributed by atoms with Crippen molar-refractivity contribution in [2.45, 2.75) is 18.7 Å². The second kappa shape index (κ2) is 4.56. The number of halogens is 2. The SMILES string of the molecule is Cc1cc(F)ccc1/C=C/C(C)Br. The van der Waals surface area contributed by atoms with E-state index in [1.807, 2.05) is 26.0 Å². The second-order valence-corrected chi connectivity index (χ2v) is 4.48. The summed E-state index contributed by atoms with van der Waals surface area (Å²) >= 11 is 3.41. The van der Waals surface area contributed by atoms with Crippen molar-refractivity contribution in [1.82, 2.24) is 0 Å². The number of aryl methyl sites for hydroxylation is 1. The van der Waals surface area contributed by atoms with Gasteiger partial charge in [0.15, 0.2) is 0 Å². The quantitative estimate of drug-likeness (QED) is 0.690. The third kappa shape index (κ3) is 3.31. The molecule has 0 N–H and O–H groups in total. The summed E-state index contributed by atoms with van der Waals surface area (Å²) in [4.78, 5) is 0.344. The van der Waals surface area contributed by atoms with Crippen molar-refractivity contribution < 1.29 is 4.39 Å². The zero-order chi connectivity index (χ0) is 9.84. The highest BCUT2D eigenvalue weighted by atomic mass is 79.9. The van der Waals surface area contributed by atoms with Gasteiger partial charge in [0.2, 0.25) is 0 Å². The minimum Gasteiger partial charge on any atom is -0.207 e. The predicted octanol–water partition coefficient (Wildman–Crippen LogP) is 3.93. The lowest BCUT2D eigenvalue weighted by molar-refractivity contribution is 0.626. The van der Waals surface area contributed by atoms with E-state index in [1.54, 1.807) is 12.1 Å². The van der Waals surface area contributed by atoms with Gasteiger partial charge in [-0.15, -0.1) is 0 Å². The highest BCUT2D eigenvalue weighted by molar-refractivity contribution is 9.09. The number of hydrogen-bond acceptors (Lipinski definition) is 0. The monoisotopic (exact) mass is 242 g/mol. The Kier molecular flexibility index (Phi) is 3.67. The van der Waals surface area contributed by atoms with Crippen LogP contribution >= 0.6 is 15.9 Å². The van der Waals surface area contributed by atoms with Gasteiger partial charge in [0, 0.05) is 4.83 Å². The van der Waals surface area contributed by atoms with Crippen molar-refractivity contribution in [2.24, 2.45) is 0 Å². The van der Waals surface area contributed by atoms with Gasteiger partial charge in [-0.2, -0.15) is 0 Å². The average Bonchev–Trinajstić information content (AvgIpc) is 2.02. The molecule has 1 rings (SSSR count). The summed E-state index contributed by atoms with van der Waals surface area (Å²) in [6.45, 7) is 3.94. The molecule has 1 unspecified atom stereocenters. The molecule has 1 atom stereocenters. The van der Waals surface area contributed by atoms with Crippen LogP contribution in [0, 0.1) is 12.7 Å². The molecule has 1 aromatic carbocycles. The van der Waals surface area contributed by atoms with Gasteiger partial charge in [-0.05, 0) is 37.1 Å². The Bertz CT molecular complexity index is 316. The van der Waals surface area contributed by atoms with Crippen LogP contribution in [0.5, 0.6) is 0 Å². The Balaban J connectivity index is 2.90. The largest absolute Gasteiger partial charge is 0.207 e. The van der Waals surface area contributed by atoms with Crippen molar-refractivity contribution in [2.75, 3.05) is 0 Å². The van der Waals surface area contributed by atoms with Crippen molar-refractivity contribution in [3.8, 4) is 0 Å². The molecule has 0 aliphatic heterocycles. The van der Waals surface area contributed by atoms with E-state index < -0.39 is 0 Å². The topological polar surface area (TPSA) is 0 Å². The maximum absolute atomic E-state index is 12.7. The Morgan fingerprint density at radius 1 is 1.46 bits per heavy atom. The van der Waals surface area contributed by atoms with Gasteiger partial charge < -0.3 is 0 Å². The first-order valence-corrected chi connectivity index (χ1v) is 5.09. The first-order valence-electron chi connectivity index (χ1n) is 4.18. The molecule has 0 amide bonds. The first-order chi connectivity index (χ1) is 6.09. The predicted molar refractivity (Wildman–Crippen MR) is 58.6 cm³/mol. The van der Waals surface area contributed by atoms with Crippen molar-refractivity contribution in [3.05, 3.63) is 41.2 Å². The summed E-state index contributed by atoms with van der Waals surface area (Å²) in [5, 5.41) is 0. The fraction of sp³-hybridized carbons (Fsp3) is 0.273. The minimum absolute atomic E-state index is 0.179. The first kappa shape index (κ1) is 10.5. The Labute approximate surface area is 86.6 Å². The van der Waals surface area contributed by atoms with Crippen LogP contribution in [0.2, 0.25) is 0 Å². The molecule has 70 valence electrons. The molecule has 0 aliphatic rings. The molecule has 0 saturated heterocycles. The highest BCUT2D eigenvalue weighted by Crippen LogP contribution is 2.13. The van der Waals surface area contributed by atoms with E-state index in [1.165, 1.54) is 6.07 Å². The molecule has 13 heavy (non-hydrogen) atoms. The molecular weight excluding hydrogens is 231 g/mol. The normalized spacial score (nSPS) is 13.5. The lowest BCUT2D eigenvalue weighted by atomic mass is 10.1. The standard InChI is InChI=1S/C11H12BrF/c1-8-7-11(13)6-5-10(8)4-3-9(2)12/h3-7,9H,1-2H3/b4-3+. The van der Waals surface area contributed by atoms with E-state index in [0.717, 1.165) is 11.1 Å². The zero-order valence-corrected chi connectivity index (χ0v) is 9.31. The Morgan fingerprint density at radius 3 is 2.69 bits per heavy atom. The molecule has 0 radical (unpaired) electrons.